The van der Waals surface area contributed by atoms with E-state index in [1.807, 2.05) is 0 Å². The second-order valence-electron chi connectivity index (χ2n) is 8.06. The molecule has 2 unspecified atom stereocenters. The first-order valence-corrected chi connectivity index (χ1v) is 9.60. The molecule has 2 aliphatic rings. The predicted octanol–water partition coefficient (Wildman–Crippen LogP) is 4.30. The zero-order valence-corrected chi connectivity index (χ0v) is 14.8. The van der Waals surface area contributed by atoms with E-state index in [-0.39, 0.29) is 0 Å². The van der Waals surface area contributed by atoms with Gasteiger partial charge in [0.05, 0.1) is 0 Å². The van der Waals surface area contributed by atoms with E-state index in [0.717, 1.165) is 11.8 Å². The topological polar surface area (TPSA) is 15.3 Å². The maximum absolute atomic E-state index is 3.76. The number of nitrogens with zero attached hydrogens (tertiary/aromatic N) is 1. The monoisotopic (exact) mass is 294 g/mol. The van der Waals surface area contributed by atoms with E-state index in [1.165, 1.54) is 84.1 Å². The summed E-state index contributed by atoms with van der Waals surface area (Å²) >= 11 is 0. The van der Waals surface area contributed by atoms with Crippen molar-refractivity contribution in [3.05, 3.63) is 0 Å². The molecule has 0 aromatic carbocycles. The van der Waals surface area contributed by atoms with Gasteiger partial charge in [-0.1, -0.05) is 33.6 Å². The summed E-state index contributed by atoms with van der Waals surface area (Å²) in [5, 5.41) is 3.76. The number of hydrogen-bond acceptors (Lipinski definition) is 2. The van der Waals surface area contributed by atoms with Crippen LogP contribution in [0.4, 0.5) is 0 Å². The molecule has 0 radical (unpaired) electrons. The van der Waals surface area contributed by atoms with Crippen LogP contribution in [0.2, 0.25) is 0 Å². The zero-order valence-electron chi connectivity index (χ0n) is 14.8. The highest BCUT2D eigenvalue weighted by atomic mass is 15.1. The fraction of sp³-hybridized carbons (Fsp3) is 1.00. The van der Waals surface area contributed by atoms with E-state index >= 15 is 0 Å². The Balaban J connectivity index is 1.94. The molecule has 2 saturated carbocycles. The van der Waals surface area contributed by atoms with Crippen LogP contribution < -0.4 is 5.32 Å². The van der Waals surface area contributed by atoms with Crippen molar-refractivity contribution in [2.24, 2.45) is 17.3 Å². The molecule has 0 amide bonds. The van der Waals surface area contributed by atoms with Gasteiger partial charge < -0.3 is 10.2 Å². The minimum atomic E-state index is 0.552. The summed E-state index contributed by atoms with van der Waals surface area (Å²) in [6.45, 7) is 13.5. The van der Waals surface area contributed by atoms with Crippen molar-refractivity contribution >= 4 is 0 Å². The third kappa shape index (κ3) is 5.90. The van der Waals surface area contributed by atoms with Crippen molar-refractivity contribution in [1.29, 1.82) is 0 Å². The normalized spacial score (nSPS) is 30.0. The predicted molar refractivity (Wildman–Crippen MR) is 92.7 cm³/mol. The minimum absolute atomic E-state index is 0.552. The van der Waals surface area contributed by atoms with Crippen LogP contribution >= 0.6 is 0 Å². The molecular weight excluding hydrogens is 256 g/mol. The molecule has 2 nitrogen and oxygen atoms in total. The molecule has 0 saturated heterocycles. The summed E-state index contributed by atoms with van der Waals surface area (Å²) in [5.41, 5.74) is 0.552. The third-order valence-corrected chi connectivity index (χ3v) is 5.42. The Morgan fingerprint density at radius 2 is 1.95 bits per heavy atom. The highest BCUT2D eigenvalue weighted by Gasteiger charge is 2.37. The minimum Gasteiger partial charge on any atom is -0.316 e. The summed E-state index contributed by atoms with van der Waals surface area (Å²) in [6.07, 6.45) is 11.3. The van der Waals surface area contributed by atoms with Gasteiger partial charge in [0.15, 0.2) is 0 Å². The van der Waals surface area contributed by atoms with Gasteiger partial charge in [-0.25, -0.2) is 0 Å². The van der Waals surface area contributed by atoms with Gasteiger partial charge in [-0.15, -0.1) is 0 Å². The van der Waals surface area contributed by atoms with Gasteiger partial charge in [-0.2, -0.15) is 0 Å². The highest BCUT2D eigenvalue weighted by molar-refractivity contribution is 4.91. The Hall–Kier alpha value is -0.0800. The van der Waals surface area contributed by atoms with Crippen molar-refractivity contribution in [3.8, 4) is 0 Å². The van der Waals surface area contributed by atoms with Crippen LogP contribution in [0, 0.1) is 17.3 Å². The van der Waals surface area contributed by atoms with E-state index in [9.17, 15) is 0 Å². The third-order valence-electron chi connectivity index (χ3n) is 5.42. The van der Waals surface area contributed by atoms with Crippen LogP contribution in [-0.2, 0) is 0 Å². The molecule has 2 heteroatoms. The molecule has 2 atom stereocenters. The molecule has 0 spiro atoms. The molecule has 0 bridgehead atoms. The smallest absolute Gasteiger partial charge is 0.00504 e. The average molecular weight is 295 g/mol. The van der Waals surface area contributed by atoms with E-state index in [0.29, 0.717) is 5.41 Å². The molecule has 1 N–H and O–H groups in total. The average Bonchev–Trinajstić information content (AvgIpc) is 3.23. The Morgan fingerprint density at radius 1 is 1.14 bits per heavy atom. The highest BCUT2D eigenvalue weighted by Crippen LogP contribution is 2.40. The standard InChI is InChI=1S/C19H38N2/c1-4-11-20-15-19(10-6-7-17(3)13-19)16-21(12-5-2)14-18-8-9-18/h17-18,20H,4-16H2,1-3H3. The van der Waals surface area contributed by atoms with Crippen LogP contribution in [0.5, 0.6) is 0 Å². The number of rotatable bonds is 10. The number of hydrogen-bond donors (Lipinski definition) is 1. The first-order chi connectivity index (χ1) is 10.2. The van der Waals surface area contributed by atoms with Gasteiger partial charge in [0.25, 0.3) is 0 Å². The second-order valence-corrected chi connectivity index (χ2v) is 8.06. The molecule has 2 fully saturated rings. The molecule has 0 aromatic rings. The van der Waals surface area contributed by atoms with Crippen LogP contribution in [0.15, 0.2) is 0 Å². The van der Waals surface area contributed by atoms with Gasteiger partial charge in [0.1, 0.15) is 0 Å². The lowest BCUT2D eigenvalue weighted by Gasteiger charge is -2.44. The van der Waals surface area contributed by atoms with E-state index in [2.05, 4.69) is 31.0 Å². The molecule has 124 valence electrons. The second kappa shape index (κ2) is 8.53. The fourth-order valence-corrected chi connectivity index (χ4v) is 4.35. The lowest BCUT2D eigenvalue weighted by molar-refractivity contribution is 0.0775. The summed E-state index contributed by atoms with van der Waals surface area (Å²) in [7, 11) is 0. The Labute approximate surface area is 133 Å². The molecular formula is C19H38N2. The van der Waals surface area contributed by atoms with Gasteiger partial charge in [0.2, 0.25) is 0 Å². The first kappa shape index (κ1) is 17.3. The maximum Gasteiger partial charge on any atom is 0.00504 e. The van der Waals surface area contributed by atoms with Gasteiger partial charge in [-0.05, 0) is 68.9 Å². The summed E-state index contributed by atoms with van der Waals surface area (Å²) < 4.78 is 0. The number of nitrogens with one attached hydrogen (secondary N) is 1. The van der Waals surface area contributed by atoms with Crippen LogP contribution in [0.3, 0.4) is 0 Å². The molecule has 2 rings (SSSR count). The van der Waals surface area contributed by atoms with Gasteiger partial charge in [0, 0.05) is 19.6 Å². The first-order valence-electron chi connectivity index (χ1n) is 9.60. The lowest BCUT2D eigenvalue weighted by atomic mass is 9.69. The van der Waals surface area contributed by atoms with Crippen molar-refractivity contribution in [1.82, 2.24) is 10.2 Å². The van der Waals surface area contributed by atoms with Crippen molar-refractivity contribution in [2.45, 2.75) is 72.1 Å². The summed E-state index contributed by atoms with van der Waals surface area (Å²) in [6, 6.07) is 0. The van der Waals surface area contributed by atoms with E-state index in [4.69, 9.17) is 0 Å². The van der Waals surface area contributed by atoms with Crippen molar-refractivity contribution in [3.63, 3.8) is 0 Å². The lowest BCUT2D eigenvalue weighted by Crippen LogP contribution is -2.47. The maximum atomic E-state index is 3.76. The molecule has 2 aliphatic carbocycles. The zero-order chi connectivity index (χ0) is 15.1. The molecule has 0 aliphatic heterocycles. The van der Waals surface area contributed by atoms with E-state index in [1.54, 1.807) is 0 Å². The summed E-state index contributed by atoms with van der Waals surface area (Å²) in [5.74, 6) is 1.95. The Bertz CT molecular complexity index is 287. The van der Waals surface area contributed by atoms with Crippen LogP contribution in [0.1, 0.15) is 72.1 Å². The van der Waals surface area contributed by atoms with Crippen LogP contribution in [-0.4, -0.2) is 37.6 Å². The summed E-state index contributed by atoms with van der Waals surface area (Å²) in [4.78, 5) is 2.81. The fourth-order valence-electron chi connectivity index (χ4n) is 4.35. The molecule has 0 aromatic heterocycles. The quantitative estimate of drug-likeness (QED) is 0.604. The van der Waals surface area contributed by atoms with Crippen molar-refractivity contribution in [2.75, 3.05) is 32.7 Å². The van der Waals surface area contributed by atoms with Crippen molar-refractivity contribution < 1.29 is 0 Å². The molecule has 21 heavy (non-hydrogen) atoms. The van der Waals surface area contributed by atoms with E-state index < -0.39 is 0 Å². The largest absolute Gasteiger partial charge is 0.316 e. The SMILES string of the molecule is CCCNCC1(CN(CCC)CC2CC2)CCCC(C)C1. The van der Waals surface area contributed by atoms with Crippen LogP contribution in [0.25, 0.3) is 0 Å². The van der Waals surface area contributed by atoms with Gasteiger partial charge in [-0.3, -0.25) is 0 Å². The molecule has 0 heterocycles. The Kier molecular flexibility index (Phi) is 7.01. The Morgan fingerprint density at radius 3 is 2.57 bits per heavy atom. The van der Waals surface area contributed by atoms with Gasteiger partial charge >= 0.3 is 0 Å².